The Morgan fingerprint density at radius 2 is 2.13 bits per heavy atom. The zero-order valence-corrected chi connectivity index (χ0v) is 10.9. The maximum atomic E-state index is 3.75. The molecule has 2 fully saturated rings. The monoisotopic (exact) mass is 227 g/mol. The van der Waals surface area contributed by atoms with E-state index in [0.29, 0.717) is 5.54 Å². The molecule has 88 valence electrons. The molecule has 2 rings (SSSR count). The molecule has 0 aromatic carbocycles. The van der Waals surface area contributed by atoms with Gasteiger partial charge in [-0.1, -0.05) is 6.92 Å². The lowest BCUT2D eigenvalue weighted by molar-refractivity contribution is 0.291. The molecule has 0 radical (unpaired) electrons. The van der Waals surface area contributed by atoms with Crippen molar-refractivity contribution < 1.29 is 0 Å². The first-order valence-corrected chi connectivity index (χ1v) is 7.83. The van der Waals surface area contributed by atoms with Gasteiger partial charge >= 0.3 is 0 Å². The van der Waals surface area contributed by atoms with Crippen LogP contribution in [0.3, 0.4) is 0 Å². The van der Waals surface area contributed by atoms with E-state index in [1.807, 2.05) is 0 Å². The second-order valence-electron chi connectivity index (χ2n) is 5.26. The molecule has 2 saturated heterocycles. The first-order valence-electron chi connectivity index (χ1n) is 6.67. The summed E-state index contributed by atoms with van der Waals surface area (Å²) in [6.07, 6.45) is 10.0. The van der Waals surface area contributed by atoms with Crippen LogP contribution < -0.4 is 5.32 Å². The van der Waals surface area contributed by atoms with Crippen LogP contribution in [0.15, 0.2) is 0 Å². The van der Waals surface area contributed by atoms with Crippen LogP contribution in [0.2, 0.25) is 0 Å². The second-order valence-corrected chi connectivity index (χ2v) is 6.48. The zero-order valence-electron chi connectivity index (χ0n) is 10.1. The summed E-state index contributed by atoms with van der Waals surface area (Å²) >= 11 is 2.15. The number of nitrogens with one attached hydrogen (secondary N) is 1. The summed E-state index contributed by atoms with van der Waals surface area (Å²) in [5.74, 6) is 3.87. The second kappa shape index (κ2) is 5.58. The molecule has 1 N–H and O–H groups in total. The molecule has 2 heteroatoms. The predicted molar refractivity (Wildman–Crippen MR) is 69.5 cm³/mol. The van der Waals surface area contributed by atoms with Gasteiger partial charge in [0.25, 0.3) is 0 Å². The normalized spacial score (nSPS) is 33.4. The maximum absolute atomic E-state index is 3.75. The minimum Gasteiger partial charge on any atom is -0.311 e. The molecule has 1 atom stereocenters. The molecular formula is C13H25NS. The van der Waals surface area contributed by atoms with Gasteiger partial charge in [0.15, 0.2) is 0 Å². The van der Waals surface area contributed by atoms with Gasteiger partial charge in [-0.25, -0.2) is 0 Å². The van der Waals surface area contributed by atoms with Gasteiger partial charge in [0.2, 0.25) is 0 Å². The van der Waals surface area contributed by atoms with Crippen molar-refractivity contribution in [2.45, 2.75) is 57.4 Å². The van der Waals surface area contributed by atoms with Gasteiger partial charge in [-0.2, -0.15) is 11.8 Å². The molecule has 2 heterocycles. The highest BCUT2D eigenvalue weighted by atomic mass is 32.2. The Bertz CT molecular complexity index is 181. The van der Waals surface area contributed by atoms with Crippen molar-refractivity contribution in [1.82, 2.24) is 5.32 Å². The van der Waals surface area contributed by atoms with E-state index in [0.717, 1.165) is 5.92 Å². The topological polar surface area (TPSA) is 12.0 Å². The van der Waals surface area contributed by atoms with Crippen molar-refractivity contribution in [2.75, 3.05) is 18.1 Å². The van der Waals surface area contributed by atoms with Gasteiger partial charge in [0.1, 0.15) is 0 Å². The highest BCUT2D eigenvalue weighted by Crippen LogP contribution is 2.33. The summed E-state index contributed by atoms with van der Waals surface area (Å²) in [4.78, 5) is 0. The fourth-order valence-corrected chi connectivity index (χ4v) is 4.28. The lowest BCUT2D eigenvalue weighted by Crippen LogP contribution is -2.39. The molecule has 1 nitrogen and oxygen atoms in total. The SMILES string of the molecule is CCC1(CCC2CCSCC2)CCCN1. The molecule has 0 bridgehead atoms. The Kier molecular flexibility index (Phi) is 4.39. The number of thioether (sulfide) groups is 1. The summed E-state index contributed by atoms with van der Waals surface area (Å²) in [7, 11) is 0. The van der Waals surface area contributed by atoms with Crippen molar-refractivity contribution in [1.29, 1.82) is 0 Å². The van der Waals surface area contributed by atoms with Crippen LogP contribution in [0.1, 0.15) is 51.9 Å². The first-order chi connectivity index (χ1) is 7.35. The summed E-state index contributed by atoms with van der Waals surface area (Å²) in [6.45, 7) is 3.61. The van der Waals surface area contributed by atoms with E-state index >= 15 is 0 Å². The minimum atomic E-state index is 0.532. The van der Waals surface area contributed by atoms with E-state index < -0.39 is 0 Å². The van der Waals surface area contributed by atoms with Crippen molar-refractivity contribution in [3.05, 3.63) is 0 Å². The average Bonchev–Trinajstić information content (AvgIpc) is 2.77. The number of hydrogen-bond acceptors (Lipinski definition) is 2. The van der Waals surface area contributed by atoms with Crippen molar-refractivity contribution in [3.63, 3.8) is 0 Å². The van der Waals surface area contributed by atoms with E-state index in [-0.39, 0.29) is 0 Å². The Hall–Kier alpha value is 0.310. The van der Waals surface area contributed by atoms with Gasteiger partial charge in [-0.3, -0.25) is 0 Å². The van der Waals surface area contributed by atoms with Crippen LogP contribution in [0, 0.1) is 5.92 Å². The summed E-state index contributed by atoms with van der Waals surface area (Å²) < 4.78 is 0. The summed E-state index contributed by atoms with van der Waals surface area (Å²) in [5, 5.41) is 3.75. The Morgan fingerprint density at radius 1 is 1.33 bits per heavy atom. The molecule has 0 aliphatic carbocycles. The average molecular weight is 227 g/mol. The fourth-order valence-electron chi connectivity index (χ4n) is 3.08. The van der Waals surface area contributed by atoms with Gasteiger partial charge in [0, 0.05) is 5.54 Å². The number of rotatable bonds is 4. The molecule has 2 aliphatic heterocycles. The van der Waals surface area contributed by atoms with Crippen LogP contribution in [0.5, 0.6) is 0 Å². The van der Waals surface area contributed by atoms with Gasteiger partial charge in [-0.15, -0.1) is 0 Å². The third-order valence-corrected chi connectivity index (χ3v) is 5.43. The van der Waals surface area contributed by atoms with Crippen LogP contribution in [0.4, 0.5) is 0 Å². The maximum Gasteiger partial charge on any atom is 0.0179 e. The van der Waals surface area contributed by atoms with E-state index in [1.54, 1.807) is 0 Å². The minimum absolute atomic E-state index is 0.532. The Morgan fingerprint density at radius 3 is 2.73 bits per heavy atom. The van der Waals surface area contributed by atoms with Gasteiger partial charge < -0.3 is 5.32 Å². The Labute approximate surface area is 98.8 Å². The van der Waals surface area contributed by atoms with Crippen molar-refractivity contribution in [3.8, 4) is 0 Å². The third kappa shape index (κ3) is 3.13. The molecule has 0 spiro atoms. The lowest BCUT2D eigenvalue weighted by Gasteiger charge is -2.31. The summed E-state index contributed by atoms with van der Waals surface area (Å²) in [5.41, 5.74) is 0.532. The Balaban J connectivity index is 1.75. The van der Waals surface area contributed by atoms with E-state index in [9.17, 15) is 0 Å². The van der Waals surface area contributed by atoms with Crippen LogP contribution >= 0.6 is 11.8 Å². The quantitative estimate of drug-likeness (QED) is 0.789. The molecule has 0 aromatic heterocycles. The van der Waals surface area contributed by atoms with Gasteiger partial charge in [-0.05, 0) is 68.9 Å². The van der Waals surface area contributed by atoms with E-state index in [2.05, 4.69) is 24.0 Å². The molecule has 2 aliphatic rings. The van der Waals surface area contributed by atoms with Crippen molar-refractivity contribution >= 4 is 11.8 Å². The third-order valence-electron chi connectivity index (χ3n) is 4.38. The molecule has 0 saturated carbocycles. The highest BCUT2D eigenvalue weighted by molar-refractivity contribution is 7.99. The zero-order chi connectivity index (χ0) is 10.6. The van der Waals surface area contributed by atoms with Crippen LogP contribution in [0.25, 0.3) is 0 Å². The lowest BCUT2D eigenvalue weighted by atomic mass is 9.84. The van der Waals surface area contributed by atoms with E-state index in [4.69, 9.17) is 0 Å². The van der Waals surface area contributed by atoms with E-state index in [1.165, 1.54) is 63.0 Å². The molecule has 15 heavy (non-hydrogen) atoms. The first kappa shape index (κ1) is 11.8. The van der Waals surface area contributed by atoms with Gasteiger partial charge in [0.05, 0.1) is 0 Å². The van der Waals surface area contributed by atoms with Crippen LogP contribution in [-0.2, 0) is 0 Å². The fraction of sp³-hybridized carbons (Fsp3) is 1.00. The van der Waals surface area contributed by atoms with Crippen LogP contribution in [-0.4, -0.2) is 23.6 Å². The molecular weight excluding hydrogens is 202 g/mol. The molecule has 1 unspecified atom stereocenters. The molecule has 0 aromatic rings. The van der Waals surface area contributed by atoms with Crippen molar-refractivity contribution in [2.24, 2.45) is 5.92 Å². The predicted octanol–water partition coefficient (Wildman–Crippen LogP) is 3.44. The molecule has 0 amide bonds. The smallest absolute Gasteiger partial charge is 0.0179 e. The highest BCUT2D eigenvalue weighted by Gasteiger charge is 2.31. The number of hydrogen-bond donors (Lipinski definition) is 1. The summed E-state index contributed by atoms with van der Waals surface area (Å²) in [6, 6.07) is 0. The standard InChI is InChI=1S/C13H25NS/c1-2-13(7-3-9-14-13)8-4-12-5-10-15-11-6-12/h12,14H,2-11H2,1H3. The largest absolute Gasteiger partial charge is 0.311 e.